The van der Waals surface area contributed by atoms with Gasteiger partial charge >= 0.3 is 6.03 Å². The molecule has 18 heavy (non-hydrogen) atoms. The summed E-state index contributed by atoms with van der Waals surface area (Å²) in [5, 5.41) is 6.38. The molecule has 6 heteroatoms. The van der Waals surface area contributed by atoms with Crippen LogP contribution in [0.5, 0.6) is 5.75 Å². The highest BCUT2D eigenvalue weighted by Crippen LogP contribution is 2.30. The van der Waals surface area contributed by atoms with Gasteiger partial charge in [-0.05, 0) is 25.5 Å². The van der Waals surface area contributed by atoms with E-state index < -0.39 is 0 Å². The molecule has 0 saturated carbocycles. The highest BCUT2D eigenvalue weighted by Gasteiger charge is 2.09. The molecule has 0 bridgehead atoms. The molecule has 0 atom stereocenters. The van der Waals surface area contributed by atoms with Crippen molar-refractivity contribution < 1.29 is 9.53 Å². The normalized spacial score (nSPS) is 10.3. The second-order valence-corrected chi connectivity index (χ2v) is 4.87. The third kappa shape index (κ3) is 4.27. The smallest absolute Gasteiger partial charge is 0.315 e. The number of halogens is 2. The average molecular weight is 291 g/mol. The quantitative estimate of drug-likeness (QED) is 0.895. The molecule has 0 spiro atoms. The summed E-state index contributed by atoms with van der Waals surface area (Å²) in [6.45, 7) is 4.08. The lowest BCUT2D eigenvalue weighted by molar-refractivity contribution is 0.238. The Kier molecular flexibility index (Phi) is 5.56. The van der Waals surface area contributed by atoms with Crippen molar-refractivity contribution >= 4 is 29.2 Å². The Labute approximate surface area is 117 Å². The fraction of sp³-hybridized carbons (Fsp3) is 0.417. The molecule has 1 rings (SSSR count). The van der Waals surface area contributed by atoms with E-state index in [9.17, 15) is 4.79 Å². The molecule has 0 unspecified atom stereocenters. The van der Waals surface area contributed by atoms with Crippen molar-refractivity contribution in [3.63, 3.8) is 0 Å². The lowest BCUT2D eigenvalue weighted by Gasteiger charge is -2.12. The lowest BCUT2D eigenvalue weighted by atomic mass is 10.2. The fourth-order valence-corrected chi connectivity index (χ4v) is 1.83. The molecule has 4 nitrogen and oxygen atoms in total. The van der Waals surface area contributed by atoms with Crippen molar-refractivity contribution in [1.29, 1.82) is 0 Å². The molecule has 0 aliphatic rings. The van der Waals surface area contributed by atoms with Gasteiger partial charge < -0.3 is 15.4 Å². The van der Waals surface area contributed by atoms with Gasteiger partial charge in [0.05, 0.1) is 12.1 Å². The van der Waals surface area contributed by atoms with Gasteiger partial charge in [0, 0.05) is 23.7 Å². The third-order valence-electron chi connectivity index (χ3n) is 2.18. The minimum atomic E-state index is -0.243. The van der Waals surface area contributed by atoms with E-state index >= 15 is 0 Å². The van der Waals surface area contributed by atoms with Crippen LogP contribution < -0.4 is 15.4 Å². The van der Waals surface area contributed by atoms with Crippen molar-refractivity contribution in [3.8, 4) is 5.75 Å². The first-order valence-electron chi connectivity index (χ1n) is 5.50. The van der Waals surface area contributed by atoms with E-state index in [1.807, 2.05) is 13.8 Å². The molecule has 0 aliphatic carbocycles. The first-order chi connectivity index (χ1) is 8.43. The zero-order valence-electron chi connectivity index (χ0n) is 10.5. The van der Waals surface area contributed by atoms with Gasteiger partial charge in [-0.3, -0.25) is 0 Å². The highest BCUT2D eigenvalue weighted by molar-refractivity contribution is 6.34. The molecule has 100 valence electrons. The Hall–Kier alpha value is -1.13. The zero-order valence-corrected chi connectivity index (χ0v) is 12.0. The number of hydrogen-bond acceptors (Lipinski definition) is 2. The first-order valence-corrected chi connectivity index (χ1v) is 6.26. The Morgan fingerprint density at radius 2 is 2.00 bits per heavy atom. The fourth-order valence-electron chi connectivity index (χ4n) is 1.35. The molecule has 0 radical (unpaired) electrons. The molecule has 0 aliphatic heterocycles. The summed E-state index contributed by atoms with van der Waals surface area (Å²) in [5.41, 5.74) is 0.737. The molecular formula is C12H16Cl2N2O2. The largest absolute Gasteiger partial charge is 0.495 e. The van der Waals surface area contributed by atoms with Crippen LogP contribution in [-0.4, -0.2) is 19.2 Å². The van der Waals surface area contributed by atoms with E-state index in [1.54, 1.807) is 12.1 Å². The number of hydrogen-bond donors (Lipinski definition) is 2. The van der Waals surface area contributed by atoms with Gasteiger partial charge in [0.15, 0.2) is 0 Å². The summed E-state index contributed by atoms with van der Waals surface area (Å²) in [6, 6.07) is 3.15. The molecule has 1 aromatic rings. The summed E-state index contributed by atoms with van der Waals surface area (Å²) in [4.78, 5) is 11.4. The standard InChI is InChI=1S/C12H16Cl2N2O2/c1-7(2)16-12(17)15-6-8-4-10(14)11(18-3)5-9(8)13/h4-5,7H,6H2,1-3H3,(H2,15,16,17). The number of carbonyl (C=O) groups is 1. The predicted molar refractivity (Wildman–Crippen MR) is 73.5 cm³/mol. The second kappa shape index (κ2) is 6.71. The summed E-state index contributed by atoms with van der Waals surface area (Å²) >= 11 is 12.0. The number of ether oxygens (including phenoxy) is 1. The van der Waals surface area contributed by atoms with Crippen molar-refractivity contribution in [2.75, 3.05) is 7.11 Å². The minimum Gasteiger partial charge on any atom is -0.495 e. The van der Waals surface area contributed by atoms with E-state index in [-0.39, 0.29) is 12.1 Å². The van der Waals surface area contributed by atoms with Crippen LogP contribution in [-0.2, 0) is 6.54 Å². The van der Waals surface area contributed by atoms with Gasteiger partial charge in [0.1, 0.15) is 5.75 Å². The topological polar surface area (TPSA) is 50.4 Å². The number of methoxy groups -OCH3 is 1. The number of nitrogens with one attached hydrogen (secondary N) is 2. The monoisotopic (exact) mass is 290 g/mol. The molecule has 2 N–H and O–H groups in total. The number of urea groups is 1. The number of rotatable bonds is 4. The summed E-state index contributed by atoms with van der Waals surface area (Å²) in [7, 11) is 1.52. The molecule has 1 aromatic carbocycles. The second-order valence-electron chi connectivity index (χ2n) is 4.06. The van der Waals surface area contributed by atoms with Gasteiger partial charge in [-0.2, -0.15) is 0 Å². The molecule has 0 fully saturated rings. The highest BCUT2D eigenvalue weighted by atomic mass is 35.5. The summed E-state index contributed by atoms with van der Waals surface area (Å²) in [6.07, 6.45) is 0. The number of amides is 2. The van der Waals surface area contributed by atoms with E-state index in [2.05, 4.69) is 10.6 Å². The number of carbonyl (C=O) groups excluding carboxylic acids is 1. The van der Waals surface area contributed by atoms with Gasteiger partial charge in [-0.15, -0.1) is 0 Å². The maximum atomic E-state index is 11.4. The van der Waals surface area contributed by atoms with Crippen LogP contribution in [0, 0.1) is 0 Å². The lowest BCUT2D eigenvalue weighted by Crippen LogP contribution is -2.39. The van der Waals surface area contributed by atoms with Gasteiger partial charge in [-0.25, -0.2) is 4.79 Å². The zero-order chi connectivity index (χ0) is 13.7. The first kappa shape index (κ1) is 14.9. The van der Waals surface area contributed by atoms with E-state index in [0.717, 1.165) is 5.56 Å². The molecule has 2 amide bonds. The summed E-state index contributed by atoms with van der Waals surface area (Å²) in [5.74, 6) is 0.511. The van der Waals surface area contributed by atoms with Crippen LogP contribution in [0.4, 0.5) is 4.79 Å². The van der Waals surface area contributed by atoms with Crippen molar-refractivity contribution in [2.45, 2.75) is 26.4 Å². The maximum Gasteiger partial charge on any atom is 0.315 e. The van der Waals surface area contributed by atoms with E-state index in [4.69, 9.17) is 27.9 Å². The van der Waals surface area contributed by atoms with Gasteiger partial charge in [0.25, 0.3) is 0 Å². The SMILES string of the molecule is COc1cc(Cl)c(CNC(=O)NC(C)C)cc1Cl. The van der Waals surface area contributed by atoms with Crippen LogP contribution in [0.15, 0.2) is 12.1 Å². The third-order valence-corrected chi connectivity index (χ3v) is 2.83. The average Bonchev–Trinajstić information content (AvgIpc) is 2.28. The van der Waals surface area contributed by atoms with Crippen LogP contribution in [0.3, 0.4) is 0 Å². The van der Waals surface area contributed by atoms with Crippen LogP contribution in [0.25, 0.3) is 0 Å². The van der Waals surface area contributed by atoms with Crippen LogP contribution in [0.1, 0.15) is 19.4 Å². The number of benzene rings is 1. The Morgan fingerprint density at radius 3 is 2.56 bits per heavy atom. The Morgan fingerprint density at radius 1 is 1.33 bits per heavy atom. The van der Waals surface area contributed by atoms with E-state index in [0.29, 0.717) is 22.3 Å². The van der Waals surface area contributed by atoms with Gasteiger partial charge in [-0.1, -0.05) is 23.2 Å². The van der Waals surface area contributed by atoms with Crippen molar-refractivity contribution in [1.82, 2.24) is 10.6 Å². The predicted octanol–water partition coefficient (Wildman–Crippen LogP) is 3.21. The maximum absolute atomic E-state index is 11.4. The van der Waals surface area contributed by atoms with Crippen LogP contribution in [0.2, 0.25) is 10.0 Å². The van der Waals surface area contributed by atoms with E-state index in [1.165, 1.54) is 7.11 Å². The van der Waals surface area contributed by atoms with Crippen LogP contribution >= 0.6 is 23.2 Å². The van der Waals surface area contributed by atoms with Crippen molar-refractivity contribution in [3.05, 3.63) is 27.7 Å². The summed E-state index contributed by atoms with van der Waals surface area (Å²) < 4.78 is 5.04. The molecule has 0 aromatic heterocycles. The Bertz CT molecular complexity index is 436. The Balaban J connectivity index is 2.68. The molecular weight excluding hydrogens is 275 g/mol. The minimum absolute atomic E-state index is 0.0833. The van der Waals surface area contributed by atoms with Crippen molar-refractivity contribution in [2.24, 2.45) is 0 Å². The molecule has 0 heterocycles. The van der Waals surface area contributed by atoms with Gasteiger partial charge in [0.2, 0.25) is 0 Å². The molecule has 0 saturated heterocycles.